The third-order valence-electron chi connectivity index (χ3n) is 4.04. The number of anilines is 1. The second kappa shape index (κ2) is 10.9. The van der Waals surface area contributed by atoms with E-state index in [1.807, 2.05) is 6.07 Å². The Balaban J connectivity index is 1.89. The molecule has 9 nitrogen and oxygen atoms in total. The number of carbonyl (C=O) groups is 4. The summed E-state index contributed by atoms with van der Waals surface area (Å²) < 4.78 is 10.1. The van der Waals surface area contributed by atoms with Gasteiger partial charge in [0.15, 0.2) is 0 Å². The number of esters is 1. The number of hydrogen-bond acceptors (Lipinski definition) is 6. The van der Waals surface area contributed by atoms with E-state index >= 15 is 0 Å². The molecule has 0 heterocycles. The molecule has 0 radical (unpaired) electrons. The molecule has 0 aromatic heterocycles. The summed E-state index contributed by atoms with van der Waals surface area (Å²) in [6.07, 6.45) is -0.829. The molecule has 9 heteroatoms. The number of rotatable bonds is 7. The molecule has 0 aliphatic carbocycles. The number of carboxylic acids is 1. The van der Waals surface area contributed by atoms with Crippen LogP contribution in [0.15, 0.2) is 54.6 Å². The molecule has 0 saturated heterocycles. The Kier molecular flexibility index (Phi) is 8.34. The first-order valence-corrected chi connectivity index (χ1v) is 9.87. The van der Waals surface area contributed by atoms with Crippen LogP contribution in [0.5, 0.6) is 0 Å². The Morgan fingerprint density at radius 3 is 2.12 bits per heavy atom. The highest BCUT2D eigenvalue weighted by atomic mass is 16.6. The third-order valence-corrected chi connectivity index (χ3v) is 4.04. The fourth-order valence-electron chi connectivity index (χ4n) is 2.58. The van der Waals surface area contributed by atoms with E-state index in [9.17, 15) is 24.3 Å². The van der Waals surface area contributed by atoms with E-state index in [4.69, 9.17) is 9.47 Å². The zero-order valence-corrected chi connectivity index (χ0v) is 18.1. The van der Waals surface area contributed by atoms with Crippen LogP contribution < -0.4 is 10.6 Å². The molecule has 0 aliphatic heterocycles. The Bertz CT molecular complexity index is 951. The number of alkyl carbamates (subject to hydrolysis) is 1. The first-order chi connectivity index (χ1) is 15.0. The smallest absolute Gasteiger partial charge is 0.408 e. The van der Waals surface area contributed by atoms with Crippen LogP contribution in [-0.2, 0) is 36.9 Å². The molecule has 2 amide bonds. The van der Waals surface area contributed by atoms with Crippen molar-refractivity contribution in [1.82, 2.24) is 5.32 Å². The second-order valence-electron chi connectivity index (χ2n) is 7.95. The summed E-state index contributed by atoms with van der Waals surface area (Å²) >= 11 is 0. The Morgan fingerprint density at radius 1 is 0.938 bits per heavy atom. The molecule has 170 valence electrons. The molecular weight excluding hydrogens is 416 g/mol. The Morgan fingerprint density at radius 2 is 1.56 bits per heavy atom. The molecule has 0 fully saturated rings. The predicted molar refractivity (Wildman–Crippen MR) is 116 cm³/mol. The van der Waals surface area contributed by atoms with Crippen molar-refractivity contribution in [1.29, 1.82) is 0 Å². The monoisotopic (exact) mass is 442 g/mol. The van der Waals surface area contributed by atoms with Gasteiger partial charge in [-0.15, -0.1) is 0 Å². The van der Waals surface area contributed by atoms with Crippen molar-refractivity contribution in [3.63, 3.8) is 0 Å². The lowest BCUT2D eigenvalue weighted by Gasteiger charge is -2.22. The molecule has 3 N–H and O–H groups in total. The van der Waals surface area contributed by atoms with Crippen LogP contribution in [0.2, 0.25) is 0 Å². The summed E-state index contributed by atoms with van der Waals surface area (Å²) in [6, 6.07) is 14.0. The lowest BCUT2D eigenvalue weighted by atomic mass is 10.1. The normalized spacial score (nSPS) is 11.7. The summed E-state index contributed by atoms with van der Waals surface area (Å²) in [5.74, 6) is -3.16. The number of aliphatic carboxylic acids is 1. The quantitative estimate of drug-likeness (QED) is 0.444. The minimum Gasteiger partial charge on any atom is -0.480 e. The number of carboxylic acid groups (broad SMARTS) is 1. The van der Waals surface area contributed by atoms with E-state index in [0.29, 0.717) is 11.3 Å². The molecule has 2 aromatic rings. The highest BCUT2D eigenvalue weighted by Gasteiger charge is 2.24. The van der Waals surface area contributed by atoms with Crippen molar-refractivity contribution in [3.8, 4) is 0 Å². The zero-order chi connectivity index (χ0) is 23.7. The largest absolute Gasteiger partial charge is 0.480 e. The fraction of sp³-hybridized carbons (Fsp3) is 0.304. The molecule has 0 bridgehead atoms. The first-order valence-electron chi connectivity index (χ1n) is 9.87. The molecule has 0 aliphatic rings. The van der Waals surface area contributed by atoms with Crippen molar-refractivity contribution >= 4 is 29.6 Å². The van der Waals surface area contributed by atoms with Crippen LogP contribution in [0.1, 0.15) is 31.9 Å². The third kappa shape index (κ3) is 8.47. The SMILES string of the molecule is CC(C)(C)OC(=O)N[C@@H](Cc1ccc(NC(=O)C(=O)OCc2ccccc2)cc1)C(=O)O. The van der Waals surface area contributed by atoms with E-state index in [1.54, 1.807) is 57.2 Å². The minimum atomic E-state index is -1.21. The molecule has 1 atom stereocenters. The van der Waals surface area contributed by atoms with Gasteiger partial charge in [-0.05, 0) is 44.0 Å². The number of ether oxygens (including phenoxy) is 2. The van der Waals surface area contributed by atoms with Crippen LogP contribution in [0.25, 0.3) is 0 Å². The predicted octanol–water partition coefficient (Wildman–Crippen LogP) is 2.89. The van der Waals surface area contributed by atoms with Crippen molar-refractivity contribution in [3.05, 3.63) is 65.7 Å². The number of benzene rings is 2. The molecular formula is C23H26N2O7. The molecule has 2 aromatic carbocycles. The Hall–Kier alpha value is -3.88. The van der Waals surface area contributed by atoms with Gasteiger partial charge in [0.25, 0.3) is 0 Å². The van der Waals surface area contributed by atoms with Gasteiger partial charge in [0.05, 0.1) is 0 Å². The highest BCUT2D eigenvalue weighted by molar-refractivity contribution is 6.37. The fourth-order valence-corrected chi connectivity index (χ4v) is 2.58. The maximum absolute atomic E-state index is 12.0. The maximum Gasteiger partial charge on any atom is 0.408 e. The maximum atomic E-state index is 12.0. The van der Waals surface area contributed by atoms with Crippen LogP contribution in [-0.4, -0.2) is 40.7 Å². The van der Waals surface area contributed by atoms with Gasteiger partial charge >= 0.3 is 23.9 Å². The van der Waals surface area contributed by atoms with Crippen LogP contribution in [0, 0.1) is 0 Å². The molecule has 0 spiro atoms. The minimum absolute atomic E-state index is 0.00190. The lowest BCUT2D eigenvalue weighted by Crippen LogP contribution is -2.44. The average Bonchev–Trinajstić information content (AvgIpc) is 2.72. The lowest BCUT2D eigenvalue weighted by molar-refractivity contribution is -0.153. The van der Waals surface area contributed by atoms with Gasteiger partial charge in [0, 0.05) is 12.1 Å². The number of hydrogen-bond donors (Lipinski definition) is 3. The second-order valence-corrected chi connectivity index (χ2v) is 7.95. The van der Waals surface area contributed by atoms with Gasteiger partial charge in [-0.1, -0.05) is 42.5 Å². The first kappa shape index (κ1) is 24.4. The van der Waals surface area contributed by atoms with Crippen LogP contribution in [0.4, 0.5) is 10.5 Å². The standard InChI is InChI=1S/C23H26N2O7/c1-23(2,3)32-22(30)25-18(20(27)28)13-15-9-11-17(12-10-15)24-19(26)21(29)31-14-16-7-5-4-6-8-16/h4-12,18H,13-14H2,1-3H3,(H,24,26)(H,25,30)(H,27,28)/t18-/m0/s1. The van der Waals surface area contributed by atoms with E-state index in [1.165, 1.54) is 12.1 Å². The topological polar surface area (TPSA) is 131 Å². The van der Waals surface area contributed by atoms with E-state index in [2.05, 4.69) is 10.6 Å². The van der Waals surface area contributed by atoms with Gasteiger partial charge in [-0.3, -0.25) is 4.79 Å². The molecule has 32 heavy (non-hydrogen) atoms. The van der Waals surface area contributed by atoms with Gasteiger partial charge in [0.2, 0.25) is 0 Å². The van der Waals surface area contributed by atoms with E-state index < -0.39 is 35.6 Å². The molecule has 2 rings (SSSR count). The molecule has 0 saturated carbocycles. The highest BCUT2D eigenvalue weighted by Crippen LogP contribution is 2.13. The van der Waals surface area contributed by atoms with Gasteiger partial charge < -0.3 is 25.2 Å². The van der Waals surface area contributed by atoms with Gasteiger partial charge in [-0.2, -0.15) is 0 Å². The summed E-state index contributed by atoms with van der Waals surface area (Å²) in [7, 11) is 0. The summed E-state index contributed by atoms with van der Waals surface area (Å²) in [5, 5.41) is 14.1. The van der Waals surface area contributed by atoms with Crippen molar-refractivity contribution < 1.29 is 33.8 Å². The summed E-state index contributed by atoms with van der Waals surface area (Å²) in [6.45, 7) is 5.00. The van der Waals surface area contributed by atoms with Crippen molar-refractivity contribution in [2.24, 2.45) is 0 Å². The average molecular weight is 442 g/mol. The molecule has 0 unspecified atom stereocenters. The van der Waals surface area contributed by atoms with E-state index in [0.717, 1.165) is 5.56 Å². The number of carbonyl (C=O) groups excluding carboxylic acids is 3. The van der Waals surface area contributed by atoms with E-state index in [-0.39, 0.29) is 13.0 Å². The number of amides is 2. The van der Waals surface area contributed by atoms with Crippen LogP contribution >= 0.6 is 0 Å². The van der Waals surface area contributed by atoms with Crippen molar-refractivity contribution in [2.75, 3.05) is 5.32 Å². The van der Waals surface area contributed by atoms with Crippen LogP contribution in [0.3, 0.4) is 0 Å². The van der Waals surface area contributed by atoms with Gasteiger partial charge in [-0.25, -0.2) is 14.4 Å². The zero-order valence-electron chi connectivity index (χ0n) is 18.1. The Labute approximate surface area is 185 Å². The number of nitrogens with one attached hydrogen (secondary N) is 2. The summed E-state index contributed by atoms with van der Waals surface area (Å²) in [4.78, 5) is 47.2. The van der Waals surface area contributed by atoms with Crippen molar-refractivity contribution in [2.45, 2.75) is 45.4 Å². The van der Waals surface area contributed by atoms with Gasteiger partial charge in [0.1, 0.15) is 18.2 Å². The summed E-state index contributed by atoms with van der Waals surface area (Å²) in [5.41, 5.74) is 0.932.